The van der Waals surface area contributed by atoms with E-state index in [1.165, 1.54) is 12.1 Å². The van der Waals surface area contributed by atoms with Crippen LogP contribution >= 0.6 is 0 Å². The molecular weight excluding hydrogens is 244 g/mol. The Hall–Kier alpha value is -1.75. The van der Waals surface area contributed by atoms with E-state index in [4.69, 9.17) is 0 Å². The van der Waals surface area contributed by atoms with Crippen molar-refractivity contribution in [3.8, 4) is 11.5 Å². The van der Waals surface area contributed by atoms with Crippen LogP contribution in [0.2, 0.25) is 0 Å². The number of hydrogen-bond donors (Lipinski definition) is 4. The van der Waals surface area contributed by atoms with Gasteiger partial charge in [-0.1, -0.05) is 6.07 Å². The van der Waals surface area contributed by atoms with Gasteiger partial charge in [-0.3, -0.25) is 4.79 Å². The van der Waals surface area contributed by atoms with Crippen molar-refractivity contribution in [1.29, 1.82) is 0 Å². The summed E-state index contributed by atoms with van der Waals surface area (Å²) in [5.41, 5.74) is 0.112. The van der Waals surface area contributed by atoms with Gasteiger partial charge in [0.1, 0.15) is 0 Å². The molecule has 0 spiro atoms. The van der Waals surface area contributed by atoms with Crippen LogP contribution in [0.15, 0.2) is 18.2 Å². The van der Waals surface area contributed by atoms with Crippen molar-refractivity contribution in [3.05, 3.63) is 23.8 Å². The smallest absolute Gasteiger partial charge is 0.255 e. The number of hydrogen-bond acceptors (Lipinski definition) is 4. The molecule has 1 saturated heterocycles. The Morgan fingerprint density at radius 3 is 2.74 bits per heavy atom. The van der Waals surface area contributed by atoms with E-state index in [-0.39, 0.29) is 29.0 Å². The summed E-state index contributed by atoms with van der Waals surface area (Å²) >= 11 is 0. The lowest BCUT2D eigenvalue weighted by Crippen LogP contribution is -2.42. The minimum Gasteiger partial charge on any atom is -0.504 e. The molecule has 5 heteroatoms. The number of phenolic OH excluding ortho intramolecular Hbond substituents is 2. The van der Waals surface area contributed by atoms with E-state index in [1.807, 2.05) is 6.92 Å². The molecule has 0 bridgehead atoms. The van der Waals surface area contributed by atoms with Gasteiger partial charge in [-0.05, 0) is 50.9 Å². The lowest BCUT2D eigenvalue weighted by atomic mass is 9.91. The molecule has 104 valence electrons. The molecule has 1 heterocycles. The number of benzene rings is 1. The van der Waals surface area contributed by atoms with Crippen LogP contribution < -0.4 is 10.6 Å². The monoisotopic (exact) mass is 264 g/mol. The second-order valence-electron chi connectivity index (χ2n) is 5.02. The molecule has 19 heavy (non-hydrogen) atoms. The van der Waals surface area contributed by atoms with E-state index < -0.39 is 0 Å². The van der Waals surface area contributed by atoms with Crippen LogP contribution in [-0.4, -0.2) is 35.3 Å². The highest BCUT2D eigenvalue weighted by Crippen LogP contribution is 2.28. The molecule has 1 unspecified atom stereocenters. The summed E-state index contributed by atoms with van der Waals surface area (Å²) in [5.74, 6) is -0.538. The molecule has 1 aromatic carbocycles. The molecule has 0 aromatic heterocycles. The van der Waals surface area contributed by atoms with Crippen LogP contribution in [0.5, 0.6) is 11.5 Å². The standard InChI is InChI=1S/C14H20N2O3/c1-9(10-5-7-15-8-6-10)16-14(19)11-3-2-4-12(17)13(11)18/h2-4,9-10,15,17-18H,5-8H2,1H3,(H,16,19). The van der Waals surface area contributed by atoms with Gasteiger partial charge in [-0.25, -0.2) is 0 Å². The van der Waals surface area contributed by atoms with E-state index in [9.17, 15) is 15.0 Å². The van der Waals surface area contributed by atoms with E-state index in [0.29, 0.717) is 5.92 Å². The molecule has 1 atom stereocenters. The number of rotatable bonds is 3. The zero-order chi connectivity index (χ0) is 13.8. The second kappa shape index (κ2) is 5.93. The van der Waals surface area contributed by atoms with Crippen LogP contribution in [0, 0.1) is 5.92 Å². The highest BCUT2D eigenvalue weighted by Gasteiger charge is 2.23. The Kier molecular flexibility index (Phi) is 4.27. The first-order valence-corrected chi connectivity index (χ1v) is 6.62. The average molecular weight is 264 g/mol. The lowest BCUT2D eigenvalue weighted by molar-refractivity contribution is 0.0917. The van der Waals surface area contributed by atoms with Gasteiger partial charge in [-0.15, -0.1) is 0 Å². The summed E-state index contributed by atoms with van der Waals surface area (Å²) in [7, 11) is 0. The number of phenols is 2. The maximum absolute atomic E-state index is 12.1. The maximum Gasteiger partial charge on any atom is 0.255 e. The molecule has 4 N–H and O–H groups in total. The van der Waals surface area contributed by atoms with Crippen LogP contribution in [0.1, 0.15) is 30.1 Å². The Morgan fingerprint density at radius 2 is 2.05 bits per heavy atom. The summed E-state index contributed by atoms with van der Waals surface area (Å²) in [4.78, 5) is 12.1. The summed E-state index contributed by atoms with van der Waals surface area (Å²) < 4.78 is 0. The highest BCUT2D eigenvalue weighted by molar-refractivity contribution is 5.97. The summed E-state index contributed by atoms with van der Waals surface area (Å²) in [6, 6.07) is 4.44. The van der Waals surface area contributed by atoms with Crippen LogP contribution in [-0.2, 0) is 0 Å². The molecular formula is C14H20N2O3. The quantitative estimate of drug-likeness (QED) is 0.619. The van der Waals surface area contributed by atoms with Crippen LogP contribution in [0.25, 0.3) is 0 Å². The predicted octanol–water partition coefficient (Wildman–Crippen LogP) is 1.22. The average Bonchev–Trinajstić information content (AvgIpc) is 2.42. The number of para-hydroxylation sites is 1. The number of carbonyl (C=O) groups excluding carboxylic acids is 1. The van der Waals surface area contributed by atoms with Gasteiger partial charge < -0.3 is 20.8 Å². The highest BCUT2D eigenvalue weighted by atomic mass is 16.3. The van der Waals surface area contributed by atoms with Crippen molar-refractivity contribution in [2.75, 3.05) is 13.1 Å². The molecule has 1 fully saturated rings. The molecule has 5 nitrogen and oxygen atoms in total. The number of nitrogens with one attached hydrogen (secondary N) is 2. The first kappa shape index (κ1) is 13.7. The maximum atomic E-state index is 12.1. The normalized spacial score (nSPS) is 17.9. The van der Waals surface area contributed by atoms with E-state index >= 15 is 0 Å². The summed E-state index contributed by atoms with van der Waals surface area (Å²) in [5, 5.41) is 25.2. The fourth-order valence-corrected chi connectivity index (χ4v) is 2.46. The lowest BCUT2D eigenvalue weighted by Gasteiger charge is -2.28. The van der Waals surface area contributed by atoms with Gasteiger partial charge in [0, 0.05) is 6.04 Å². The first-order chi connectivity index (χ1) is 9.09. The summed E-state index contributed by atoms with van der Waals surface area (Å²) in [6.45, 7) is 3.93. The predicted molar refractivity (Wildman–Crippen MR) is 72.3 cm³/mol. The van der Waals surface area contributed by atoms with E-state index in [2.05, 4.69) is 10.6 Å². The largest absolute Gasteiger partial charge is 0.504 e. The molecule has 1 amide bonds. The van der Waals surface area contributed by atoms with Crippen molar-refractivity contribution in [2.24, 2.45) is 5.92 Å². The topological polar surface area (TPSA) is 81.6 Å². The molecule has 1 aliphatic rings. The second-order valence-corrected chi connectivity index (χ2v) is 5.02. The third-order valence-corrected chi connectivity index (χ3v) is 3.71. The van der Waals surface area contributed by atoms with Gasteiger partial charge in [-0.2, -0.15) is 0 Å². The molecule has 1 aliphatic heterocycles. The van der Waals surface area contributed by atoms with Crippen LogP contribution in [0.4, 0.5) is 0 Å². The van der Waals surface area contributed by atoms with Crippen molar-refractivity contribution in [1.82, 2.24) is 10.6 Å². The minimum absolute atomic E-state index is 0.0522. The Balaban J connectivity index is 2.02. The molecule has 2 rings (SSSR count). The minimum atomic E-state index is -0.363. The molecule has 0 radical (unpaired) electrons. The van der Waals surface area contributed by atoms with Crippen molar-refractivity contribution >= 4 is 5.91 Å². The SMILES string of the molecule is CC(NC(=O)c1cccc(O)c1O)C1CCNCC1. The van der Waals surface area contributed by atoms with Crippen molar-refractivity contribution in [3.63, 3.8) is 0 Å². The first-order valence-electron chi connectivity index (χ1n) is 6.62. The fraction of sp³-hybridized carbons (Fsp3) is 0.500. The van der Waals surface area contributed by atoms with Crippen LogP contribution in [0.3, 0.4) is 0 Å². The number of aromatic hydroxyl groups is 2. The Bertz CT molecular complexity index is 456. The molecule has 0 aliphatic carbocycles. The van der Waals surface area contributed by atoms with Gasteiger partial charge in [0.25, 0.3) is 5.91 Å². The summed E-state index contributed by atoms with van der Waals surface area (Å²) in [6.07, 6.45) is 2.07. The fourth-order valence-electron chi connectivity index (χ4n) is 2.46. The number of carbonyl (C=O) groups is 1. The Morgan fingerprint density at radius 1 is 1.37 bits per heavy atom. The van der Waals surface area contributed by atoms with Gasteiger partial charge in [0.15, 0.2) is 11.5 Å². The molecule has 1 aromatic rings. The van der Waals surface area contributed by atoms with E-state index in [0.717, 1.165) is 25.9 Å². The van der Waals surface area contributed by atoms with Gasteiger partial charge in [0.2, 0.25) is 0 Å². The van der Waals surface area contributed by atoms with Crippen molar-refractivity contribution in [2.45, 2.75) is 25.8 Å². The van der Waals surface area contributed by atoms with Gasteiger partial charge >= 0.3 is 0 Å². The van der Waals surface area contributed by atoms with E-state index in [1.54, 1.807) is 6.07 Å². The third-order valence-electron chi connectivity index (χ3n) is 3.71. The van der Waals surface area contributed by atoms with Gasteiger partial charge in [0.05, 0.1) is 5.56 Å². The third kappa shape index (κ3) is 3.17. The Labute approximate surface area is 112 Å². The zero-order valence-electron chi connectivity index (χ0n) is 11.0. The zero-order valence-corrected chi connectivity index (χ0v) is 11.0. The van der Waals surface area contributed by atoms with Crippen molar-refractivity contribution < 1.29 is 15.0 Å². The number of amides is 1. The molecule has 0 saturated carbocycles. The number of piperidine rings is 1.